The van der Waals surface area contributed by atoms with Crippen LogP contribution >= 0.6 is 0 Å². The van der Waals surface area contributed by atoms with Gasteiger partial charge in [0.15, 0.2) is 0 Å². The molecule has 0 amide bonds. The quantitative estimate of drug-likeness (QED) is 0.450. The summed E-state index contributed by atoms with van der Waals surface area (Å²) in [5, 5.41) is 0. The summed E-state index contributed by atoms with van der Waals surface area (Å²) in [4.78, 5) is 0. The van der Waals surface area contributed by atoms with E-state index in [0.29, 0.717) is 0 Å². The molecule has 0 fully saturated rings. The third-order valence-corrected chi connectivity index (χ3v) is 0. The molecule has 0 saturated carbocycles. The van der Waals surface area contributed by atoms with Crippen LogP contribution in [0.15, 0.2) is 0 Å². The van der Waals surface area contributed by atoms with Crippen LogP contribution < -0.4 is 0 Å². The third kappa shape index (κ3) is 10.4. The van der Waals surface area contributed by atoms with E-state index in [2.05, 4.69) is 0 Å². The molecule has 4 heteroatoms. The topological polar surface area (TPSA) is 0 Å². The maximum absolute atomic E-state index is 0. The molecule has 0 aliphatic rings. The molecule has 6 valence electrons. The van der Waals surface area contributed by atoms with E-state index in [1.807, 2.05) is 0 Å². The summed E-state index contributed by atoms with van der Waals surface area (Å²) in [5.41, 5.74) is 0. The molecule has 0 aliphatic heterocycles. The molecule has 0 saturated heterocycles. The van der Waals surface area contributed by atoms with E-state index >= 15 is 0 Å². The van der Waals surface area contributed by atoms with Crippen molar-refractivity contribution in [3.05, 3.63) is 0 Å². The van der Waals surface area contributed by atoms with Gasteiger partial charge >= 0.3 is 0 Å². The van der Waals surface area contributed by atoms with Gasteiger partial charge in [-0.2, -0.15) is 0 Å². The predicted octanol–water partition coefficient (Wildman–Crippen LogP) is -1.52. The fraction of sp³-hybridized carbons (Fsp3) is 0. The van der Waals surface area contributed by atoms with Crippen molar-refractivity contribution in [3.63, 3.8) is 0 Å². The van der Waals surface area contributed by atoms with Gasteiger partial charge in [-0.25, -0.2) is 0 Å². The van der Waals surface area contributed by atoms with Crippen molar-refractivity contribution in [1.82, 2.24) is 0 Å². The average Bonchev–Trinajstić information content (AvgIpc) is 0. The maximum atomic E-state index is 0. The predicted molar refractivity (Wildman–Crippen MR) is 23.0 cm³/mol. The molecule has 0 aromatic carbocycles. The molecule has 0 heterocycles. The van der Waals surface area contributed by atoms with Gasteiger partial charge in [0.1, 0.15) is 0 Å². The Morgan fingerprint density at radius 1 is 1.00 bits per heavy atom. The van der Waals surface area contributed by atoms with E-state index in [9.17, 15) is 0 Å². The largest absolute Gasteiger partial charge is 0 e. The second-order valence-corrected chi connectivity index (χ2v) is 0. The molecule has 0 atom stereocenters. The Hall–Kier alpha value is 5.47. The molecule has 4 heavy (non-hydrogen) atoms. The van der Waals surface area contributed by atoms with E-state index < -0.39 is 0 Å². The zero-order chi connectivity index (χ0) is 0. The Balaban J connectivity index is 0. The van der Waals surface area contributed by atoms with Gasteiger partial charge in [0, 0.05) is 168 Å². The molecule has 6 radical (unpaired) electrons. The molecular formula is BaCaKNa. The molecule has 0 rings (SSSR count). The zero-order valence-corrected chi connectivity index (χ0v) is 15.2. The summed E-state index contributed by atoms with van der Waals surface area (Å²) < 4.78 is 0. The molecule has 0 aliphatic carbocycles. The van der Waals surface area contributed by atoms with E-state index in [0.717, 1.165) is 0 Å². The zero-order valence-electron chi connectivity index (χ0n) is 3.41. The molecule has 0 aromatic rings. The first-order chi connectivity index (χ1) is 0. The molecule has 0 aromatic heterocycles. The van der Waals surface area contributed by atoms with Crippen LogP contribution in [0.4, 0.5) is 0 Å². The third-order valence-electron chi connectivity index (χ3n) is 0. The monoisotopic (exact) mass is 240 g/mol. The van der Waals surface area contributed by atoms with Crippen molar-refractivity contribution in [1.29, 1.82) is 0 Å². The first kappa shape index (κ1) is 22.7. The number of hydrogen-bond acceptors (Lipinski definition) is 0. The van der Waals surface area contributed by atoms with E-state index in [-0.39, 0.29) is 168 Å². The Labute approximate surface area is 161 Å². The van der Waals surface area contributed by atoms with Crippen molar-refractivity contribution in [2.75, 3.05) is 0 Å². The van der Waals surface area contributed by atoms with E-state index in [1.165, 1.54) is 0 Å². The molecule has 0 bridgehead atoms. The fourth-order valence-electron chi connectivity index (χ4n) is 0. The number of hydrogen-bond donors (Lipinski definition) is 0. The summed E-state index contributed by atoms with van der Waals surface area (Å²) in [5.74, 6) is 0. The molecule has 0 N–H and O–H groups in total. The van der Waals surface area contributed by atoms with Gasteiger partial charge in [-0.1, -0.05) is 0 Å². The van der Waals surface area contributed by atoms with E-state index in [4.69, 9.17) is 0 Å². The Morgan fingerprint density at radius 3 is 1.00 bits per heavy atom. The summed E-state index contributed by atoms with van der Waals surface area (Å²) in [6, 6.07) is 0. The second kappa shape index (κ2) is 15.8. The van der Waals surface area contributed by atoms with Crippen LogP contribution in [0.5, 0.6) is 0 Å². The Kier molecular flexibility index (Phi) is 89.7. The van der Waals surface area contributed by atoms with Crippen LogP contribution in [0, 0.1) is 0 Å². The van der Waals surface area contributed by atoms with Crippen LogP contribution in [0.3, 0.4) is 0 Å². The van der Waals surface area contributed by atoms with Crippen LogP contribution in [-0.4, -0.2) is 168 Å². The average molecular weight is 239 g/mol. The first-order valence-corrected chi connectivity index (χ1v) is 0. The Morgan fingerprint density at radius 2 is 1.00 bits per heavy atom. The van der Waals surface area contributed by atoms with Crippen molar-refractivity contribution in [3.8, 4) is 0 Å². The fourth-order valence-corrected chi connectivity index (χ4v) is 0. The van der Waals surface area contributed by atoms with Crippen molar-refractivity contribution < 1.29 is 0 Å². The second-order valence-electron chi connectivity index (χ2n) is 0. The smallest absolute Gasteiger partial charge is 0 e. The van der Waals surface area contributed by atoms with Crippen molar-refractivity contribution >= 4 is 168 Å². The van der Waals surface area contributed by atoms with Crippen LogP contribution in [0.2, 0.25) is 0 Å². The molecule has 0 unspecified atom stereocenters. The minimum absolute atomic E-state index is 0. The normalized spacial score (nSPS) is 0. The Bertz CT molecular complexity index is 8.00. The van der Waals surface area contributed by atoms with Gasteiger partial charge in [-0.3, -0.25) is 0 Å². The molecule has 0 spiro atoms. The van der Waals surface area contributed by atoms with Crippen molar-refractivity contribution in [2.24, 2.45) is 0 Å². The van der Waals surface area contributed by atoms with Gasteiger partial charge < -0.3 is 0 Å². The molecule has 0 nitrogen and oxygen atoms in total. The summed E-state index contributed by atoms with van der Waals surface area (Å²) >= 11 is 0. The van der Waals surface area contributed by atoms with E-state index in [1.54, 1.807) is 0 Å². The standard InChI is InChI=1S/Ba.Ca.K.Na. The van der Waals surface area contributed by atoms with Gasteiger partial charge in [0.2, 0.25) is 0 Å². The van der Waals surface area contributed by atoms with Crippen LogP contribution in [0.1, 0.15) is 0 Å². The van der Waals surface area contributed by atoms with Crippen molar-refractivity contribution in [2.45, 2.75) is 0 Å². The van der Waals surface area contributed by atoms with Crippen LogP contribution in [0.25, 0.3) is 0 Å². The summed E-state index contributed by atoms with van der Waals surface area (Å²) in [6.07, 6.45) is 0. The van der Waals surface area contributed by atoms with Gasteiger partial charge in [0.05, 0.1) is 0 Å². The maximum Gasteiger partial charge on any atom is 0 e. The van der Waals surface area contributed by atoms with Gasteiger partial charge in [0.25, 0.3) is 0 Å². The van der Waals surface area contributed by atoms with Crippen LogP contribution in [-0.2, 0) is 0 Å². The summed E-state index contributed by atoms with van der Waals surface area (Å²) in [6.45, 7) is 0. The minimum atomic E-state index is 0. The summed E-state index contributed by atoms with van der Waals surface area (Å²) in [7, 11) is 0. The SMILES string of the molecule is [Ba].[Ca].[K].[Na]. The van der Waals surface area contributed by atoms with Gasteiger partial charge in [-0.05, 0) is 0 Å². The van der Waals surface area contributed by atoms with Gasteiger partial charge in [-0.15, -0.1) is 0 Å². The minimum Gasteiger partial charge on any atom is 0 e. The first-order valence-electron chi connectivity index (χ1n) is 0. The molecular weight excluding hydrogens is 239 g/mol. The number of rotatable bonds is 0.